The number of carbonyl (C=O) groups is 1. The summed E-state index contributed by atoms with van der Waals surface area (Å²) in [5.74, 6) is -1.52. The van der Waals surface area contributed by atoms with Gasteiger partial charge in [0, 0.05) is 17.7 Å². The molecule has 2 aromatic heterocycles. The number of carbonyl (C=O) groups excluding carboxylic acids is 1. The van der Waals surface area contributed by atoms with Gasteiger partial charge in [0.2, 0.25) is 11.7 Å². The SMILES string of the molecule is Cc1c(C#N)c(NC(=O)CSc2nc(C(F)(F)F)nc3ccccc23)n(CC2CCCO2)c1C. The molecule has 3 heterocycles. The van der Waals surface area contributed by atoms with Gasteiger partial charge in [0.25, 0.3) is 0 Å². The van der Waals surface area contributed by atoms with Crippen LogP contribution in [0.15, 0.2) is 29.3 Å². The van der Waals surface area contributed by atoms with Crippen molar-refractivity contribution in [2.45, 2.75) is 50.5 Å². The molecular weight excluding hydrogens is 467 g/mol. The van der Waals surface area contributed by atoms with E-state index < -0.39 is 17.9 Å². The van der Waals surface area contributed by atoms with E-state index in [9.17, 15) is 23.2 Å². The maximum Gasteiger partial charge on any atom is 0.451 e. The van der Waals surface area contributed by atoms with Gasteiger partial charge in [0.15, 0.2) is 0 Å². The van der Waals surface area contributed by atoms with Crippen LogP contribution in [0.1, 0.15) is 35.5 Å². The average molecular weight is 490 g/mol. The number of fused-ring (bicyclic) bond motifs is 1. The smallest absolute Gasteiger partial charge is 0.376 e. The van der Waals surface area contributed by atoms with Gasteiger partial charge in [-0.2, -0.15) is 18.4 Å². The molecule has 34 heavy (non-hydrogen) atoms. The minimum atomic E-state index is -4.71. The van der Waals surface area contributed by atoms with Crippen molar-refractivity contribution < 1.29 is 22.7 Å². The number of nitriles is 1. The van der Waals surface area contributed by atoms with Crippen LogP contribution in [0, 0.1) is 25.2 Å². The molecular formula is C23H22F3N5O2S. The first-order chi connectivity index (χ1) is 16.2. The summed E-state index contributed by atoms with van der Waals surface area (Å²) in [6.45, 7) is 4.88. The Hall–Kier alpha value is -3.10. The highest BCUT2D eigenvalue weighted by atomic mass is 32.2. The van der Waals surface area contributed by atoms with Crippen LogP contribution < -0.4 is 5.32 Å². The summed E-state index contributed by atoms with van der Waals surface area (Å²) < 4.78 is 47.4. The first-order valence-electron chi connectivity index (χ1n) is 10.7. The second kappa shape index (κ2) is 9.64. The lowest BCUT2D eigenvalue weighted by Crippen LogP contribution is -2.22. The van der Waals surface area contributed by atoms with Gasteiger partial charge in [0.1, 0.15) is 16.9 Å². The third kappa shape index (κ3) is 4.88. The van der Waals surface area contributed by atoms with Gasteiger partial charge >= 0.3 is 6.18 Å². The molecule has 178 valence electrons. The monoisotopic (exact) mass is 489 g/mol. The molecule has 1 unspecified atom stereocenters. The predicted octanol–water partition coefficient (Wildman–Crippen LogP) is 4.85. The minimum Gasteiger partial charge on any atom is -0.376 e. The molecule has 1 amide bonds. The van der Waals surface area contributed by atoms with Crippen LogP contribution in [0.4, 0.5) is 19.0 Å². The Kier molecular flexibility index (Phi) is 6.81. The number of anilines is 1. The summed E-state index contributed by atoms with van der Waals surface area (Å²) in [6, 6.07) is 8.50. The van der Waals surface area contributed by atoms with Crippen LogP contribution in [0.2, 0.25) is 0 Å². The normalized spacial score (nSPS) is 16.1. The summed E-state index contributed by atoms with van der Waals surface area (Å²) in [5.41, 5.74) is 2.13. The van der Waals surface area contributed by atoms with Crippen LogP contribution in [0.3, 0.4) is 0 Å². The standard InChI is InChI=1S/C23H22F3N5O2S/c1-13-14(2)31(11-15-6-5-9-33-15)20(17(13)10-27)29-19(32)12-34-21-16-7-3-4-8-18(16)28-22(30-21)23(24,25)26/h3-4,7-8,15H,5-6,9,11-12H2,1-2H3,(H,29,32). The predicted molar refractivity (Wildman–Crippen MR) is 121 cm³/mol. The Morgan fingerprint density at radius 2 is 2.09 bits per heavy atom. The van der Waals surface area contributed by atoms with E-state index in [1.807, 2.05) is 18.4 Å². The number of halogens is 3. The third-order valence-electron chi connectivity index (χ3n) is 5.77. The van der Waals surface area contributed by atoms with E-state index in [4.69, 9.17) is 4.74 Å². The van der Waals surface area contributed by atoms with Gasteiger partial charge in [-0.1, -0.05) is 30.0 Å². The summed E-state index contributed by atoms with van der Waals surface area (Å²) in [5, 5.41) is 13.0. The molecule has 1 saturated heterocycles. The number of amides is 1. The van der Waals surface area contributed by atoms with E-state index in [1.54, 1.807) is 18.2 Å². The van der Waals surface area contributed by atoms with Gasteiger partial charge in [0.05, 0.1) is 29.5 Å². The molecule has 0 aliphatic carbocycles. The summed E-state index contributed by atoms with van der Waals surface area (Å²) >= 11 is 0.891. The summed E-state index contributed by atoms with van der Waals surface area (Å²) in [7, 11) is 0. The van der Waals surface area contributed by atoms with Crippen molar-refractivity contribution in [2.24, 2.45) is 0 Å². The van der Waals surface area contributed by atoms with Crippen LogP contribution in [-0.2, 0) is 22.3 Å². The first-order valence-corrected chi connectivity index (χ1v) is 11.7. The van der Waals surface area contributed by atoms with Crippen LogP contribution in [0.25, 0.3) is 10.9 Å². The van der Waals surface area contributed by atoms with Crippen molar-refractivity contribution in [3.05, 3.63) is 46.9 Å². The van der Waals surface area contributed by atoms with E-state index in [0.717, 1.165) is 35.9 Å². The molecule has 0 spiro atoms. The Labute approximate surface area is 198 Å². The quantitative estimate of drug-likeness (QED) is 0.393. The van der Waals surface area contributed by atoms with Crippen molar-refractivity contribution in [1.82, 2.24) is 14.5 Å². The molecule has 11 heteroatoms. The molecule has 4 rings (SSSR count). The molecule has 1 aliphatic heterocycles. The molecule has 0 bridgehead atoms. The maximum atomic E-state index is 13.3. The molecule has 0 radical (unpaired) electrons. The Bertz CT molecular complexity index is 1280. The number of hydrogen-bond donors (Lipinski definition) is 1. The number of aromatic nitrogens is 3. The highest BCUT2D eigenvalue weighted by molar-refractivity contribution is 8.00. The number of para-hydroxylation sites is 1. The number of thioether (sulfide) groups is 1. The molecule has 1 atom stereocenters. The van der Waals surface area contributed by atoms with Gasteiger partial charge in [-0.15, -0.1) is 0 Å². The number of alkyl halides is 3. The maximum absolute atomic E-state index is 13.3. The highest BCUT2D eigenvalue weighted by Crippen LogP contribution is 2.33. The van der Waals surface area contributed by atoms with Crippen molar-refractivity contribution in [1.29, 1.82) is 5.26 Å². The Morgan fingerprint density at radius 1 is 1.32 bits per heavy atom. The van der Waals surface area contributed by atoms with Crippen molar-refractivity contribution >= 4 is 34.4 Å². The topological polar surface area (TPSA) is 92.8 Å². The second-order valence-electron chi connectivity index (χ2n) is 8.00. The Balaban J connectivity index is 1.57. The molecule has 1 aliphatic rings. The van der Waals surface area contributed by atoms with Crippen molar-refractivity contribution in [2.75, 3.05) is 17.7 Å². The molecule has 1 fully saturated rings. The number of rotatable bonds is 6. The average Bonchev–Trinajstić information content (AvgIpc) is 3.39. The Morgan fingerprint density at radius 3 is 2.76 bits per heavy atom. The third-order valence-corrected chi connectivity index (χ3v) is 6.76. The zero-order valence-corrected chi connectivity index (χ0v) is 19.4. The number of hydrogen-bond acceptors (Lipinski definition) is 6. The fraction of sp³-hybridized carbons (Fsp3) is 0.391. The lowest BCUT2D eigenvalue weighted by Gasteiger charge is -2.17. The largest absolute Gasteiger partial charge is 0.451 e. The van der Waals surface area contributed by atoms with Gasteiger partial charge in [-0.05, 0) is 38.3 Å². The zero-order chi connectivity index (χ0) is 24.5. The lowest BCUT2D eigenvalue weighted by molar-refractivity contribution is -0.145. The van der Waals surface area contributed by atoms with E-state index in [1.165, 1.54) is 6.07 Å². The minimum absolute atomic E-state index is 0.00440. The van der Waals surface area contributed by atoms with Crippen LogP contribution >= 0.6 is 11.8 Å². The second-order valence-corrected chi connectivity index (χ2v) is 8.96. The van der Waals surface area contributed by atoms with Gasteiger partial charge < -0.3 is 14.6 Å². The van der Waals surface area contributed by atoms with Crippen LogP contribution in [-0.4, -0.2) is 38.9 Å². The van der Waals surface area contributed by atoms with Crippen LogP contribution in [0.5, 0.6) is 0 Å². The van der Waals surface area contributed by atoms with Crippen molar-refractivity contribution in [3.63, 3.8) is 0 Å². The molecule has 7 nitrogen and oxygen atoms in total. The first kappa shape index (κ1) is 24.0. The molecule has 3 aromatic rings. The van der Waals surface area contributed by atoms with E-state index >= 15 is 0 Å². The van der Waals surface area contributed by atoms with E-state index in [-0.39, 0.29) is 22.4 Å². The molecule has 0 saturated carbocycles. The number of nitrogens with zero attached hydrogens (tertiary/aromatic N) is 4. The fourth-order valence-electron chi connectivity index (χ4n) is 3.94. The number of benzene rings is 1. The van der Waals surface area contributed by atoms with Gasteiger partial charge in [-0.3, -0.25) is 4.79 Å². The highest BCUT2D eigenvalue weighted by Gasteiger charge is 2.35. The van der Waals surface area contributed by atoms with E-state index in [0.29, 0.717) is 29.9 Å². The van der Waals surface area contributed by atoms with Crippen molar-refractivity contribution in [3.8, 4) is 6.07 Å². The zero-order valence-electron chi connectivity index (χ0n) is 18.6. The lowest BCUT2D eigenvalue weighted by atomic mass is 10.2. The van der Waals surface area contributed by atoms with Gasteiger partial charge in [-0.25, -0.2) is 9.97 Å². The van der Waals surface area contributed by atoms with E-state index in [2.05, 4.69) is 21.4 Å². The molecule has 1 aromatic carbocycles. The number of ether oxygens (including phenoxy) is 1. The summed E-state index contributed by atoms with van der Waals surface area (Å²) in [6.07, 6.45) is -2.86. The summed E-state index contributed by atoms with van der Waals surface area (Å²) in [4.78, 5) is 20.1. The fourth-order valence-corrected chi connectivity index (χ4v) is 4.76. The number of nitrogens with one attached hydrogen (secondary N) is 1. The molecule has 1 N–H and O–H groups in total.